The van der Waals surface area contributed by atoms with Gasteiger partial charge in [0, 0.05) is 31.1 Å². The maximum Gasteiger partial charge on any atom is 0.191 e. The second kappa shape index (κ2) is 10.8. The number of benzene rings is 1. The van der Waals surface area contributed by atoms with Crippen molar-refractivity contribution in [2.45, 2.75) is 45.7 Å². The SMILES string of the molecule is CCCN1CCC(NC(=NCc2cc3ccccc3o2)NCC)CC1.I. The molecule has 2 heterocycles. The summed E-state index contributed by atoms with van der Waals surface area (Å²) in [7, 11) is 0. The van der Waals surface area contributed by atoms with Gasteiger partial charge in [0.05, 0.1) is 0 Å². The molecule has 0 amide bonds. The molecule has 0 radical (unpaired) electrons. The first-order valence-electron chi connectivity index (χ1n) is 9.53. The number of nitrogens with one attached hydrogen (secondary N) is 2. The van der Waals surface area contributed by atoms with Gasteiger partial charge in [-0.15, -0.1) is 24.0 Å². The predicted octanol–water partition coefficient (Wildman–Crippen LogP) is 3.98. The molecule has 6 heteroatoms. The van der Waals surface area contributed by atoms with E-state index in [9.17, 15) is 0 Å². The van der Waals surface area contributed by atoms with E-state index in [4.69, 9.17) is 9.41 Å². The van der Waals surface area contributed by atoms with Crippen LogP contribution in [-0.2, 0) is 6.54 Å². The summed E-state index contributed by atoms with van der Waals surface area (Å²) in [4.78, 5) is 7.27. The standard InChI is InChI=1S/C20H30N4O.HI/c1-3-11-24-12-9-17(10-13-24)23-20(21-4-2)22-15-18-14-16-7-5-6-8-19(16)25-18;/h5-8,14,17H,3-4,9-13,15H2,1-2H3,(H2,21,22,23);1H. The van der Waals surface area contributed by atoms with Crippen molar-refractivity contribution in [2.24, 2.45) is 4.99 Å². The average Bonchev–Trinajstić information content (AvgIpc) is 3.05. The first kappa shape index (κ1) is 21.0. The average molecular weight is 470 g/mol. The van der Waals surface area contributed by atoms with E-state index in [2.05, 4.69) is 41.5 Å². The van der Waals surface area contributed by atoms with E-state index in [0.29, 0.717) is 12.6 Å². The minimum atomic E-state index is 0. The monoisotopic (exact) mass is 470 g/mol. The van der Waals surface area contributed by atoms with E-state index < -0.39 is 0 Å². The number of rotatable bonds is 6. The molecular weight excluding hydrogens is 439 g/mol. The zero-order valence-electron chi connectivity index (χ0n) is 15.8. The number of hydrogen-bond donors (Lipinski definition) is 2. The third-order valence-electron chi connectivity index (χ3n) is 4.68. The normalized spacial score (nSPS) is 16.5. The second-order valence-electron chi connectivity index (χ2n) is 6.71. The number of furan rings is 1. The van der Waals surface area contributed by atoms with Crippen LogP contribution >= 0.6 is 24.0 Å². The van der Waals surface area contributed by atoms with Crippen LogP contribution in [0.4, 0.5) is 0 Å². The molecular formula is C20H31IN4O. The van der Waals surface area contributed by atoms with Crippen LogP contribution in [-0.4, -0.2) is 43.1 Å². The Morgan fingerprint density at radius 1 is 1.23 bits per heavy atom. The fourth-order valence-corrected chi connectivity index (χ4v) is 3.40. The lowest BCUT2D eigenvalue weighted by Gasteiger charge is -2.32. The summed E-state index contributed by atoms with van der Waals surface area (Å²) in [5.74, 6) is 1.79. The van der Waals surface area contributed by atoms with Gasteiger partial charge >= 0.3 is 0 Å². The Morgan fingerprint density at radius 3 is 2.69 bits per heavy atom. The predicted molar refractivity (Wildman–Crippen MR) is 119 cm³/mol. The van der Waals surface area contributed by atoms with Gasteiger partial charge in [-0.05, 0) is 44.9 Å². The second-order valence-corrected chi connectivity index (χ2v) is 6.71. The molecule has 144 valence electrons. The Labute approximate surface area is 173 Å². The zero-order valence-corrected chi connectivity index (χ0v) is 18.2. The molecule has 1 aliphatic rings. The Kier molecular flexibility index (Phi) is 8.71. The maximum absolute atomic E-state index is 5.86. The molecule has 0 saturated carbocycles. The molecule has 2 N–H and O–H groups in total. The minimum absolute atomic E-state index is 0. The highest BCUT2D eigenvalue weighted by Crippen LogP contribution is 2.19. The van der Waals surface area contributed by atoms with E-state index in [1.165, 1.54) is 38.9 Å². The van der Waals surface area contributed by atoms with Gasteiger partial charge in [0.25, 0.3) is 0 Å². The maximum atomic E-state index is 5.86. The van der Waals surface area contributed by atoms with Crippen LogP contribution in [0.15, 0.2) is 39.7 Å². The highest BCUT2D eigenvalue weighted by atomic mass is 127. The summed E-state index contributed by atoms with van der Waals surface area (Å²) in [6.45, 7) is 9.33. The fraction of sp³-hybridized carbons (Fsp3) is 0.550. The molecule has 1 saturated heterocycles. The van der Waals surface area contributed by atoms with Crippen molar-refractivity contribution in [3.05, 3.63) is 36.1 Å². The summed E-state index contributed by atoms with van der Waals surface area (Å²) >= 11 is 0. The molecule has 3 rings (SSSR count). The molecule has 1 aliphatic heterocycles. The molecule has 1 aromatic heterocycles. The van der Waals surface area contributed by atoms with Crippen LogP contribution in [0, 0.1) is 0 Å². The summed E-state index contributed by atoms with van der Waals surface area (Å²) in [5.41, 5.74) is 0.925. The third kappa shape index (κ3) is 5.87. The summed E-state index contributed by atoms with van der Waals surface area (Å²) in [6.07, 6.45) is 3.59. The summed E-state index contributed by atoms with van der Waals surface area (Å²) < 4.78 is 5.86. The lowest BCUT2D eigenvalue weighted by Crippen LogP contribution is -2.48. The van der Waals surface area contributed by atoms with Gasteiger partial charge in [-0.3, -0.25) is 0 Å². The molecule has 1 fully saturated rings. The molecule has 5 nitrogen and oxygen atoms in total. The molecule has 0 unspecified atom stereocenters. The zero-order chi connectivity index (χ0) is 17.5. The van der Waals surface area contributed by atoms with E-state index >= 15 is 0 Å². The number of nitrogens with zero attached hydrogens (tertiary/aromatic N) is 2. The highest BCUT2D eigenvalue weighted by Gasteiger charge is 2.19. The van der Waals surface area contributed by atoms with Crippen LogP contribution < -0.4 is 10.6 Å². The lowest BCUT2D eigenvalue weighted by molar-refractivity contribution is 0.206. The van der Waals surface area contributed by atoms with E-state index in [1.54, 1.807) is 0 Å². The van der Waals surface area contributed by atoms with Gasteiger partial charge in [0.15, 0.2) is 5.96 Å². The Balaban J connectivity index is 0.00000243. The van der Waals surface area contributed by atoms with Crippen molar-refractivity contribution < 1.29 is 4.42 Å². The fourth-order valence-electron chi connectivity index (χ4n) is 3.40. The molecule has 0 spiro atoms. The molecule has 2 aromatic rings. The van der Waals surface area contributed by atoms with Crippen LogP contribution in [0.3, 0.4) is 0 Å². The van der Waals surface area contributed by atoms with Crippen molar-refractivity contribution >= 4 is 40.9 Å². The Bertz CT molecular complexity index is 659. The van der Waals surface area contributed by atoms with E-state index in [-0.39, 0.29) is 24.0 Å². The molecule has 0 bridgehead atoms. The first-order chi connectivity index (χ1) is 12.3. The van der Waals surface area contributed by atoms with E-state index in [0.717, 1.165) is 29.2 Å². The van der Waals surface area contributed by atoms with Crippen molar-refractivity contribution in [3.63, 3.8) is 0 Å². The molecule has 1 aromatic carbocycles. The summed E-state index contributed by atoms with van der Waals surface area (Å²) in [6, 6.07) is 10.7. The van der Waals surface area contributed by atoms with Gasteiger partial charge in [-0.2, -0.15) is 0 Å². The summed E-state index contributed by atoms with van der Waals surface area (Å²) in [5, 5.41) is 8.08. The number of fused-ring (bicyclic) bond motifs is 1. The van der Waals surface area contributed by atoms with Crippen LogP contribution in [0.1, 0.15) is 38.9 Å². The van der Waals surface area contributed by atoms with Crippen molar-refractivity contribution in [1.29, 1.82) is 0 Å². The number of aliphatic imine (C=N–C) groups is 1. The first-order valence-corrected chi connectivity index (χ1v) is 9.53. The van der Waals surface area contributed by atoms with Crippen molar-refractivity contribution in [1.82, 2.24) is 15.5 Å². The van der Waals surface area contributed by atoms with Crippen LogP contribution in [0.25, 0.3) is 11.0 Å². The Morgan fingerprint density at radius 2 is 2.00 bits per heavy atom. The lowest BCUT2D eigenvalue weighted by atomic mass is 10.1. The van der Waals surface area contributed by atoms with Gasteiger partial charge in [0.2, 0.25) is 0 Å². The minimum Gasteiger partial charge on any atom is -0.459 e. The largest absolute Gasteiger partial charge is 0.459 e. The number of para-hydroxylation sites is 1. The van der Waals surface area contributed by atoms with Crippen LogP contribution in [0.2, 0.25) is 0 Å². The van der Waals surface area contributed by atoms with Gasteiger partial charge in [-0.25, -0.2) is 4.99 Å². The smallest absolute Gasteiger partial charge is 0.191 e. The number of hydrogen-bond acceptors (Lipinski definition) is 3. The Hall–Kier alpha value is -1.28. The number of piperidine rings is 1. The topological polar surface area (TPSA) is 52.8 Å². The van der Waals surface area contributed by atoms with E-state index in [1.807, 2.05) is 18.2 Å². The molecule has 26 heavy (non-hydrogen) atoms. The number of guanidine groups is 1. The van der Waals surface area contributed by atoms with Gasteiger partial charge < -0.3 is 20.0 Å². The third-order valence-corrected chi connectivity index (χ3v) is 4.68. The number of halogens is 1. The van der Waals surface area contributed by atoms with Gasteiger partial charge in [-0.1, -0.05) is 25.1 Å². The molecule has 0 aliphatic carbocycles. The quantitative estimate of drug-likeness (QED) is 0.381. The highest BCUT2D eigenvalue weighted by molar-refractivity contribution is 14.0. The van der Waals surface area contributed by atoms with Crippen molar-refractivity contribution in [3.8, 4) is 0 Å². The van der Waals surface area contributed by atoms with Crippen LogP contribution in [0.5, 0.6) is 0 Å². The number of likely N-dealkylation sites (tertiary alicyclic amines) is 1. The molecule has 0 atom stereocenters. The van der Waals surface area contributed by atoms with Crippen molar-refractivity contribution in [2.75, 3.05) is 26.2 Å². The van der Waals surface area contributed by atoms with Gasteiger partial charge in [0.1, 0.15) is 17.9 Å².